The molecule has 5 heteroatoms. The summed E-state index contributed by atoms with van der Waals surface area (Å²) in [6, 6.07) is 8.18. The van der Waals surface area contributed by atoms with E-state index in [1.165, 1.54) is 0 Å². The number of benzene rings is 1. The topological polar surface area (TPSA) is 76.4 Å². The Morgan fingerprint density at radius 3 is 2.23 bits per heavy atom. The summed E-state index contributed by atoms with van der Waals surface area (Å²) in [7, 11) is 0. The maximum atomic E-state index is 11.7. The van der Waals surface area contributed by atoms with Gasteiger partial charge in [0, 0.05) is 0 Å². The smallest absolute Gasteiger partial charge is 0.311 e. The lowest BCUT2D eigenvalue weighted by Crippen LogP contribution is -2.23. The molecule has 0 aromatic heterocycles. The molecule has 0 saturated heterocycles. The van der Waals surface area contributed by atoms with Gasteiger partial charge < -0.3 is 9.47 Å². The first-order valence-corrected chi connectivity index (χ1v) is 7.36. The Kier molecular flexibility index (Phi) is 7.11. The lowest BCUT2D eigenvalue weighted by Gasteiger charge is -2.19. The van der Waals surface area contributed by atoms with Crippen molar-refractivity contribution in [2.75, 3.05) is 0 Å². The van der Waals surface area contributed by atoms with Gasteiger partial charge in [-0.05, 0) is 36.6 Å². The van der Waals surface area contributed by atoms with Crippen LogP contribution in [0, 0.1) is 17.2 Å². The molecule has 0 fully saturated rings. The SMILES string of the molecule is CCC(OC(=O)CCC(=O)Oc1ccc(C#N)cc1)C(C)C. The van der Waals surface area contributed by atoms with Crippen LogP contribution in [0.5, 0.6) is 5.75 Å². The molecule has 0 aliphatic carbocycles. The van der Waals surface area contributed by atoms with Crippen LogP contribution < -0.4 is 4.74 Å². The van der Waals surface area contributed by atoms with Crippen LogP contribution >= 0.6 is 0 Å². The highest BCUT2D eigenvalue weighted by atomic mass is 16.5. The van der Waals surface area contributed by atoms with E-state index in [1.54, 1.807) is 24.3 Å². The Morgan fingerprint density at radius 2 is 1.73 bits per heavy atom. The molecule has 1 aromatic carbocycles. The molecule has 22 heavy (non-hydrogen) atoms. The molecule has 0 heterocycles. The molecule has 0 bridgehead atoms. The standard InChI is InChI=1S/C17H21NO4/c1-4-15(12(2)3)22-17(20)10-9-16(19)21-14-7-5-13(11-18)6-8-14/h5-8,12,15H,4,9-10H2,1-3H3. The van der Waals surface area contributed by atoms with Crippen LogP contribution in [0.1, 0.15) is 45.6 Å². The van der Waals surface area contributed by atoms with Crippen LogP contribution in [0.15, 0.2) is 24.3 Å². The molecular weight excluding hydrogens is 282 g/mol. The fourth-order valence-corrected chi connectivity index (χ4v) is 1.90. The second-order valence-electron chi connectivity index (χ2n) is 5.29. The van der Waals surface area contributed by atoms with E-state index >= 15 is 0 Å². The van der Waals surface area contributed by atoms with E-state index in [4.69, 9.17) is 14.7 Å². The van der Waals surface area contributed by atoms with Gasteiger partial charge in [0.25, 0.3) is 0 Å². The summed E-state index contributed by atoms with van der Waals surface area (Å²) in [6.45, 7) is 5.93. The molecule has 0 amide bonds. The van der Waals surface area contributed by atoms with Crippen LogP contribution in [0.25, 0.3) is 0 Å². The van der Waals surface area contributed by atoms with Gasteiger partial charge in [-0.1, -0.05) is 20.8 Å². The van der Waals surface area contributed by atoms with Crippen molar-refractivity contribution in [1.29, 1.82) is 5.26 Å². The van der Waals surface area contributed by atoms with Crippen molar-refractivity contribution in [1.82, 2.24) is 0 Å². The number of nitriles is 1. The Bertz CT molecular complexity index is 543. The third-order valence-corrected chi connectivity index (χ3v) is 3.18. The number of esters is 2. The Morgan fingerprint density at radius 1 is 1.14 bits per heavy atom. The van der Waals surface area contributed by atoms with Gasteiger partial charge in [-0.3, -0.25) is 9.59 Å². The quantitative estimate of drug-likeness (QED) is 0.571. The van der Waals surface area contributed by atoms with Crippen LogP contribution in [-0.4, -0.2) is 18.0 Å². The summed E-state index contributed by atoms with van der Waals surface area (Å²) in [5.74, 6) is -0.290. The van der Waals surface area contributed by atoms with E-state index < -0.39 is 11.9 Å². The number of carbonyl (C=O) groups is 2. The molecule has 1 rings (SSSR count). The maximum Gasteiger partial charge on any atom is 0.311 e. The number of hydrogen-bond donors (Lipinski definition) is 0. The van der Waals surface area contributed by atoms with Crippen LogP contribution in [-0.2, 0) is 14.3 Å². The van der Waals surface area contributed by atoms with E-state index in [0.717, 1.165) is 6.42 Å². The van der Waals surface area contributed by atoms with Gasteiger partial charge in [0.05, 0.1) is 24.5 Å². The first kappa shape index (κ1) is 17.7. The minimum atomic E-state index is -0.501. The van der Waals surface area contributed by atoms with E-state index in [-0.39, 0.29) is 24.9 Å². The van der Waals surface area contributed by atoms with Crippen molar-refractivity contribution in [3.63, 3.8) is 0 Å². The van der Waals surface area contributed by atoms with Gasteiger partial charge in [-0.25, -0.2) is 0 Å². The van der Waals surface area contributed by atoms with Crippen molar-refractivity contribution in [2.45, 2.75) is 46.1 Å². The van der Waals surface area contributed by atoms with Crippen molar-refractivity contribution >= 4 is 11.9 Å². The van der Waals surface area contributed by atoms with Gasteiger partial charge in [0.2, 0.25) is 0 Å². The van der Waals surface area contributed by atoms with Gasteiger partial charge in [-0.15, -0.1) is 0 Å². The third kappa shape index (κ3) is 5.96. The molecule has 1 atom stereocenters. The Labute approximate surface area is 130 Å². The van der Waals surface area contributed by atoms with Gasteiger partial charge in [0.1, 0.15) is 11.9 Å². The number of rotatable bonds is 7. The Hall–Kier alpha value is -2.35. The van der Waals surface area contributed by atoms with Crippen molar-refractivity contribution in [2.24, 2.45) is 5.92 Å². The average molecular weight is 303 g/mol. The van der Waals surface area contributed by atoms with Crippen LogP contribution in [0.2, 0.25) is 0 Å². The molecule has 0 saturated carbocycles. The fourth-order valence-electron chi connectivity index (χ4n) is 1.90. The highest BCUT2D eigenvalue weighted by Gasteiger charge is 2.17. The van der Waals surface area contributed by atoms with Gasteiger partial charge in [-0.2, -0.15) is 5.26 Å². The van der Waals surface area contributed by atoms with E-state index in [2.05, 4.69) is 0 Å². The molecule has 1 unspecified atom stereocenters. The molecule has 118 valence electrons. The summed E-state index contributed by atoms with van der Waals surface area (Å²) in [6.07, 6.45) is 0.590. The normalized spacial score (nSPS) is 11.6. The first-order valence-electron chi connectivity index (χ1n) is 7.36. The zero-order valence-corrected chi connectivity index (χ0v) is 13.2. The number of hydrogen-bond acceptors (Lipinski definition) is 5. The molecule has 0 aliphatic rings. The second-order valence-corrected chi connectivity index (χ2v) is 5.29. The molecule has 1 aromatic rings. The first-order chi connectivity index (χ1) is 10.5. The number of ether oxygens (including phenoxy) is 2. The van der Waals surface area contributed by atoms with E-state index in [0.29, 0.717) is 11.3 Å². The third-order valence-electron chi connectivity index (χ3n) is 3.18. The minimum absolute atomic E-state index is 0.00165. The van der Waals surface area contributed by atoms with Crippen molar-refractivity contribution in [3.05, 3.63) is 29.8 Å². The van der Waals surface area contributed by atoms with Crippen molar-refractivity contribution in [3.8, 4) is 11.8 Å². The van der Waals surface area contributed by atoms with E-state index in [9.17, 15) is 9.59 Å². The molecule has 5 nitrogen and oxygen atoms in total. The molecule has 0 aliphatic heterocycles. The number of nitrogens with zero attached hydrogens (tertiary/aromatic N) is 1. The second kappa shape index (κ2) is 8.83. The molecule has 0 spiro atoms. The van der Waals surface area contributed by atoms with Gasteiger partial charge in [0.15, 0.2) is 0 Å². The predicted molar refractivity (Wildman–Crippen MR) is 81.0 cm³/mol. The maximum absolute atomic E-state index is 11.7. The lowest BCUT2D eigenvalue weighted by atomic mass is 10.1. The highest BCUT2D eigenvalue weighted by Crippen LogP contribution is 2.14. The van der Waals surface area contributed by atoms with Gasteiger partial charge >= 0.3 is 11.9 Å². The van der Waals surface area contributed by atoms with Crippen molar-refractivity contribution < 1.29 is 19.1 Å². The predicted octanol–water partition coefficient (Wildman–Crippen LogP) is 3.22. The fraction of sp³-hybridized carbons (Fsp3) is 0.471. The monoisotopic (exact) mass is 303 g/mol. The molecule has 0 radical (unpaired) electrons. The summed E-state index contributed by atoms with van der Waals surface area (Å²) < 4.78 is 10.4. The highest BCUT2D eigenvalue weighted by molar-refractivity contribution is 5.79. The summed E-state index contributed by atoms with van der Waals surface area (Å²) >= 11 is 0. The molecule has 0 N–H and O–H groups in total. The summed E-state index contributed by atoms with van der Waals surface area (Å²) in [5.41, 5.74) is 0.489. The Balaban J connectivity index is 2.39. The zero-order chi connectivity index (χ0) is 16.5. The van der Waals surface area contributed by atoms with E-state index in [1.807, 2.05) is 26.8 Å². The molecular formula is C17H21NO4. The number of carbonyl (C=O) groups excluding carboxylic acids is 2. The van der Waals surface area contributed by atoms with Crippen LogP contribution in [0.3, 0.4) is 0 Å². The zero-order valence-electron chi connectivity index (χ0n) is 13.2. The average Bonchev–Trinajstić information content (AvgIpc) is 2.51. The summed E-state index contributed by atoms with van der Waals surface area (Å²) in [5, 5.41) is 8.68. The van der Waals surface area contributed by atoms with Crippen LogP contribution in [0.4, 0.5) is 0 Å². The summed E-state index contributed by atoms with van der Waals surface area (Å²) in [4.78, 5) is 23.4. The largest absolute Gasteiger partial charge is 0.462 e. The lowest BCUT2D eigenvalue weighted by molar-refractivity contribution is -0.153. The minimum Gasteiger partial charge on any atom is -0.462 e.